The molecule has 0 saturated heterocycles. The van der Waals surface area contributed by atoms with Crippen molar-refractivity contribution in [1.29, 1.82) is 0 Å². The Morgan fingerprint density at radius 2 is 1.94 bits per heavy atom. The molecule has 1 aliphatic rings. The molecule has 13 heteroatoms. The quantitative estimate of drug-likeness (QED) is 0.354. The highest BCUT2D eigenvalue weighted by molar-refractivity contribution is 5.73. The van der Waals surface area contributed by atoms with Crippen molar-refractivity contribution in [2.75, 3.05) is 20.3 Å². The highest BCUT2D eigenvalue weighted by atomic mass is 19.4. The number of halogens is 4. The summed E-state index contributed by atoms with van der Waals surface area (Å²) in [4.78, 5) is 11.8. The smallest absolute Gasteiger partial charge is 0.411 e. The lowest BCUT2D eigenvalue weighted by Crippen LogP contribution is -2.46. The summed E-state index contributed by atoms with van der Waals surface area (Å²) in [6, 6.07) is 2.63. The zero-order chi connectivity index (χ0) is 25.9. The Morgan fingerprint density at radius 1 is 1.14 bits per heavy atom. The predicted molar refractivity (Wildman–Crippen MR) is 119 cm³/mol. The van der Waals surface area contributed by atoms with E-state index in [1.165, 1.54) is 31.5 Å². The number of hydrogen-bond acceptors (Lipinski definition) is 9. The second kappa shape index (κ2) is 10.1. The summed E-state index contributed by atoms with van der Waals surface area (Å²) in [5.41, 5.74) is 4.78. The van der Waals surface area contributed by atoms with Crippen molar-refractivity contribution in [3.05, 3.63) is 48.0 Å². The summed E-state index contributed by atoms with van der Waals surface area (Å²) in [5.74, 6) is -0.188. The molecule has 0 spiro atoms. The van der Waals surface area contributed by atoms with E-state index >= 15 is 0 Å². The van der Waals surface area contributed by atoms with E-state index in [9.17, 15) is 17.6 Å². The Morgan fingerprint density at radius 3 is 2.64 bits per heavy atom. The Labute approximate surface area is 203 Å². The molecule has 0 unspecified atom stereocenters. The van der Waals surface area contributed by atoms with Gasteiger partial charge in [-0.25, -0.2) is 19.4 Å². The van der Waals surface area contributed by atoms with Crippen LogP contribution >= 0.6 is 0 Å². The van der Waals surface area contributed by atoms with Gasteiger partial charge in [0.05, 0.1) is 19.0 Å². The van der Waals surface area contributed by atoms with Crippen LogP contribution in [0.15, 0.2) is 46.2 Å². The maximum absolute atomic E-state index is 14.8. The SMILES string of the molecule is COCCCOc1cnc(-c2cc(-c3ccc(F)c([C@]4(C)C[C@@H](C(F)(F)F)N=C(N)O4)c3)on2)cn1. The second-order valence-electron chi connectivity index (χ2n) is 8.27. The fourth-order valence-electron chi connectivity index (χ4n) is 3.74. The zero-order valence-electron chi connectivity index (χ0n) is 19.4. The van der Waals surface area contributed by atoms with Crippen molar-refractivity contribution in [1.82, 2.24) is 15.1 Å². The van der Waals surface area contributed by atoms with E-state index in [-0.39, 0.29) is 11.3 Å². The number of benzene rings is 1. The molecule has 3 aromatic rings. The average Bonchev–Trinajstić information content (AvgIpc) is 3.32. The molecule has 192 valence electrons. The van der Waals surface area contributed by atoms with Crippen LogP contribution in [0.5, 0.6) is 5.88 Å². The molecule has 9 nitrogen and oxygen atoms in total. The molecule has 36 heavy (non-hydrogen) atoms. The van der Waals surface area contributed by atoms with E-state index in [4.69, 9.17) is 24.5 Å². The number of ether oxygens (including phenoxy) is 3. The van der Waals surface area contributed by atoms with Crippen molar-refractivity contribution in [2.45, 2.75) is 37.6 Å². The first kappa shape index (κ1) is 25.4. The van der Waals surface area contributed by atoms with Crippen LogP contribution in [0.25, 0.3) is 22.7 Å². The number of nitrogens with two attached hydrogens (primary N) is 1. The third-order valence-corrected chi connectivity index (χ3v) is 5.54. The molecular weight excluding hydrogens is 486 g/mol. The van der Waals surface area contributed by atoms with Gasteiger partial charge in [0.2, 0.25) is 5.88 Å². The molecule has 0 radical (unpaired) electrons. The maximum Gasteiger partial charge on any atom is 0.411 e. The van der Waals surface area contributed by atoms with Gasteiger partial charge in [0.1, 0.15) is 22.8 Å². The maximum atomic E-state index is 14.8. The van der Waals surface area contributed by atoms with Gasteiger partial charge in [-0.05, 0) is 25.1 Å². The molecule has 0 amide bonds. The first-order valence-corrected chi connectivity index (χ1v) is 10.9. The number of aliphatic imine (C=N–C) groups is 1. The minimum atomic E-state index is -4.66. The third kappa shape index (κ3) is 5.56. The van der Waals surface area contributed by atoms with Gasteiger partial charge in [0.15, 0.2) is 11.8 Å². The number of amidine groups is 1. The second-order valence-corrected chi connectivity index (χ2v) is 8.27. The standard InChI is InChI=1S/C23H23F4N5O4/c1-22(10-19(23(25,26)27)31-21(28)35-22)14-8-13(4-5-15(14)24)18-9-16(32-36-18)17-11-30-20(12-29-17)34-7-3-6-33-2/h4-5,8-9,11-12,19H,3,6-7,10H2,1-2H3,(H2,28,31)/t19-,22-/m0/s1. The fraction of sp³-hybridized carbons (Fsp3) is 0.391. The molecule has 3 heterocycles. The molecule has 2 N–H and O–H groups in total. The van der Waals surface area contributed by atoms with Crippen molar-refractivity contribution in [3.8, 4) is 28.6 Å². The zero-order valence-corrected chi connectivity index (χ0v) is 19.4. The van der Waals surface area contributed by atoms with E-state index in [0.29, 0.717) is 42.5 Å². The number of hydrogen-bond donors (Lipinski definition) is 1. The molecule has 2 atom stereocenters. The third-order valence-electron chi connectivity index (χ3n) is 5.54. The molecule has 2 aromatic heterocycles. The highest BCUT2D eigenvalue weighted by Crippen LogP contribution is 2.41. The van der Waals surface area contributed by atoms with Crippen LogP contribution in [0.3, 0.4) is 0 Å². The van der Waals surface area contributed by atoms with Gasteiger partial charge >= 0.3 is 6.18 Å². The van der Waals surface area contributed by atoms with Gasteiger partial charge in [0.25, 0.3) is 6.02 Å². The predicted octanol–water partition coefficient (Wildman–Crippen LogP) is 4.23. The average molecular weight is 509 g/mol. The summed E-state index contributed by atoms with van der Waals surface area (Å²) in [7, 11) is 1.60. The van der Waals surface area contributed by atoms with Gasteiger partial charge in [-0.3, -0.25) is 0 Å². The lowest BCUT2D eigenvalue weighted by Gasteiger charge is -2.37. The molecule has 1 aromatic carbocycles. The van der Waals surface area contributed by atoms with Crippen molar-refractivity contribution in [3.63, 3.8) is 0 Å². The van der Waals surface area contributed by atoms with Crippen molar-refractivity contribution < 1.29 is 36.3 Å². The van der Waals surface area contributed by atoms with Crippen LogP contribution in [0.2, 0.25) is 0 Å². The van der Waals surface area contributed by atoms with Crippen LogP contribution in [0, 0.1) is 5.82 Å². The normalized spacial score (nSPS) is 20.1. The Bertz CT molecular complexity index is 1230. The van der Waals surface area contributed by atoms with Crippen LogP contribution in [-0.4, -0.2) is 53.7 Å². The summed E-state index contributed by atoms with van der Waals surface area (Å²) in [6.45, 7) is 2.32. The van der Waals surface area contributed by atoms with E-state index < -0.39 is 36.1 Å². The summed E-state index contributed by atoms with van der Waals surface area (Å²) < 4.78 is 76.0. The van der Waals surface area contributed by atoms with Crippen LogP contribution in [-0.2, 0) is 15.1 Å². The van der Waals surface area contributed by atoms with E-state index in [1.807, 2.05) is 0 Å². The fourth-order valence-corrected chi connectivity index (χ4v) is 3.74. The van der Waals surface area contributed by atoms with Crippen molar-refractivity contribution >= 4 is 6.02 Å². The summed E-state index contributed by atoms with van der Waals surface area (Å²) in [5, 5.41) is 3.97. The molecule has 0 fully saturated rings. The van der Waals surface area contributed by atoms with E-state index in [0.717, 1.165) is 6.07 Å². The Kier molecular flexibility index (Phi) is 7.11. The van der Waals surface area contributed by atoms with Crippen LogP contribution in [0.4, 0.5) is 17.6 Å². The molecule has 1 aliphatic heterocycles. The van der Waals surface area contributed by atoms with E-state index in [2.05, 4.69) is 20.1 Å². The van der Waals surface area contributed by atoms with Crippen LogP contribution in [0.1, 0.15) is 25.3 Å². The highest BCUT2D eigenvalue weighted by Gasteiger charge is 2.49. The first-order valence-electron chi connectivity index (χ1n) is 10.9. The summed E-state index contributed by atoms with van der Waals surface area (Å²) >= 11 is 0. The van der Waals surface area contributed by atoms with Gasteiger partial charge < -0.3 is 24.5 Å². The number of nitrogens with zero attached hydrogens (tertiary/aromatic N) is 4. The summed E-state index contributed by atoms with van der Waals surface area (Å²) in [6.07, 6.45) is -1.70. The number of aromatic nitrogens is 3. The Balaban J connectivity index is 1.55. The molecule has 0 saturated carbocycles. The van der Waals surface area contributed by atoms with Gasteiger partial charge in [0, 0.05) is 43.8 Å². The Hall–Kier alpha value is -3.74. The molecule has 4 rings (SSSR count). The molecule has 0 bridgehead atoms. The monoisotopic (exact) mass is 509 g/mol. The largest absolute Gasteiger partial charge is 0.476 e. The molecular formula is C23H23F4N5O4. The first-order chi connectivity index (χ1) is 17.1. The number of rotatable bonds is 8. The lowest BCUT2D eigenvalue weighted by atomic mass is 9.86. The lowest BCUT2D eigenvalue weighted by molar-refractivity contribution is -0.164. The van der Waals surface area contributed by atoms with E-state index in [1.54, 1.807) is 13.2 Å². The number of methoxy groups -OCH3 is 1. The van der Waals surface area contributed by atoms with Gasteiger partial charge in [-0.15, -0.1) is 0 Å². The van der Waals surface area contributed by atoms with Crippen molar-refractivity contribution in [2.24, 2.45) is 10.7 Å². The topological polar surface area (TPSA) is 118 Å². The van der Waals surface area contributed by atoms with Gasteiger partial charge in [-0.2, -0.15) is 13.2 Å². The van der Waals surface area contributed by atoms with Crippen LogP contribution < -0.4 is 10.5 Å². The number of alkyl halides is 3. The van der Waals surface area contributed by atoms with Gasteiger partial charge in [-0.1, -0.05) is 5.16 Å². The minimum absolute atomic E-state index is 0.125. The minimum Gasteiger partial charge on any atom is -0.476 e. The molecule has 0 aliphatic carbocycles.